The minimum atomic E-state index is -1.62. The van der Waals surface area contributed by atoms with Crippen LogP contribution in [0.15, 0.2) is 46.4 Å². The summed E-state index contributed by atoms with van der Waals surface area (Å²) in [5, 5.41) is 0. The van der Waals surface area contributed by atoms with E-state index in [9.17, 15) is 4.79 Å². The molecule has 0 fully saturated rings. The molecule has 0 atom stereocenters. The van der Waals surface area contributed by atoms with Gasteiger partial charge in [0.15, 0.2) is 0 Å². The van der Waals surface area contributed by atoms with Crippen molar-refractivity contribution in [3.63, 3.8) is 0 Å². The first-order valence-corrected chi connectivity index (χ1v) is 15.1. The van der Waals surface area contributed by atoms with E-state index in [2.05, 4.69) is 68.0 Å². The molecule has 6 heteroatoms. The van der Waals surface area contributed by atoms with Crippen molar-refractivity contribution in [3.05, 3.63) is 57.5 Å². The number of nitrogens with one attached hydrogen (secondary N) is 1. The Balaban J connectivity index is 0.00000264. The predicted molar refractivity (Wildman–Crippen MR) is 93.3 cm³/mol. The second-order valence-electron chi connectivity index (χ2n) is 7.18. The molecule has 1 aliphatic rings. The van der Waals surface area contributed by atoms with Crippen LogP contribution in [0, 0.1) is 0 Å². The molecule has 0 heterocycles. The standard InChI is InChI=1S/C11H15NO.C5H5.C2H7Si.2ClH.Ti/c1-11(2,3)9-6-4-5-8(7-9)10(12)13;1-2-4-5-3-1;1-3-2;;;/h4-7H,1-3H3,(H2,12,13);1-3H,4H2;3H,1-2H3;2*1H;/q;;;;;+3/p-3. The van der Waals surface area contributed by atoms with E-state index in [4.69, 9.17) is 0 Å². The van der Waals surface area contributed by atoms with Crippen LogP contribution < -0.4 is 28.6 Å². The molecule has 0 aromatic heterocycles. The third-order valence-corrected chi connectivity index (χ3v) is 15.1. The summed E-state index contributed by atoms with van der Waals surface area (Å²) in [7, 11) is 0. The van der Waals surface area contributed by atoms with Crippen molar-refractivity contribution in [2.24, 2.45) is 0 Å². The Morgan fingerprint density at radius 3 is 2.38 bits per heavy atom. The molecule has 1 N–H and O–H groups in total. The summed E-state index contributed by atoms with van der Waals surface area (Å²) in [6, 6.07) is 8.09. The van der Waals surface area contributed by atoms with Crippen molar-refractivity contribution in [2.75, 3.05) is 0 Å². The summed E-state index contributed by atoms with van der Waals surface area (Å²) in [4.78, 5) is 12.7. The van der Waals surface area contributed by atoms with Crippen LogP contribution in [-0.2, 0) is 22.8 Å². The van der Waals surface area contributed by atoms with Crippen LogP contribution in [-0.4, -0.2) is 12.6 Å². The molecule has 2 nitrogen and oxygen atoms in total. The van der Waals surface area contributed by atoms with Gasteiger partial charge in [-0.2, -0.15) is 0 Å². The predicted octanol–water partition coefficient (Wildman–Crippen LogP) is -1.92. The molecule has 0 radical (unpaired) electrons. The third kappa shape index (κ3) is 6.20. The monoisotopic (exact) mass is 418 g/mol. The first-order valence-electron chi connectivity index (χ1n) is 7.94. The fourth-order valence-corrected chi connectivity index (χ4v) is 11.7. The fraction of sp³-hybridized carbons (Fsp3) is 0.389. The maximum atomic E-state index is 12.7. The first-order chi connectivity index (χ1) is 10.3. The van der Waals surface area contributed by atoms with Gasteiger partial charge < -0.3 is 24.8 Å². The van der Waals surface area contributed by atoms with Gasteiger partial charge in [-0.05, 0) is 0 Å². The summed E-state index contributed by atoms with van der Waals surface area (Å²) in [6.45, 7) is 10.4. The Labute approximate surface area is 165 Å². The average Bonchev–Trinajstić information content (AvgIpc) is 2.97. The maximum absolute atomic E-state index is 12.7. The zero-order valence-corrected chi connectivity index (χ0v) is 19.2. The van der Waals surface area contributed by atoms with Crippen molar-refractivity contribution in [1.29, 1.82) is 0 Å². The Morgan fingerprint density at radius 2 is 1.88 bits per heavy atom. The van der Waals surface area contributed by atoms with Gasteiger partial charge >= 0.3 is 142 Å². The number of allylic oxidation sites excluding steroid dienone is 4. The van der Waals surface area contributed by atoms with Crippen molar-refractivity contribution < 1.29 is 47.0 Å². The van der Waals surface area contributed by atoms with Gasteiger partial charge in [-0.3, -0.25) is 0 Å². The number of carbonyl (C=O) groups is 1. The van der Waals surface area contributed by atoms with Crippen LogP contribution >= 0.6 is 0 Å². The molecule has 0 bridgehead atoms. The van der Waals surface area contributed by atoms with E-state index in [-0.39, 0.29) is 36.1 Å². The summed E-state index contributed by atoms with van der Waals surface area (Å²) >= 11 is -1.62. The zero-order chi connectivity index (χ0) is 16.3. The summed E-state index contributed by atoms with van der Waals surface area (Å²) in [5.41, 5.74) is 2.09. The minimum absolute atomic E-state index is 0. The van der Waals surface area contributed by atoms with E-state index in [1.165, 1.54) is 9.44 Å². The molecule has 1 aromatic rings. The van der Waals surface area contributed by atoms with E-state index in [0.29, 0.717) is 0 Å². The molecular weight excluding hydrogens is 393 g/mol. The van der Waals surface area contributed by atoms with Crippen LogP contribution in [0.3, 0.4) is 0 Å². The van der Waals surface area contributed by atoms with Gasteiger partial charge in [0.2, 0.25) is 0 Å². The summed E-state index contributed by atoms with van der Waals surface area (Å²) in [6.07, 6.45) is 7.61. The van der Waals surface area contributed by atoms with E-state index >= 15 is 0 Å². The van der Waals surface area contributed by atoms with Gasteiger partial charge in [0.1, 0.15) is 0 Å². The van der Waals surface area contributed by atoms with E-state index in [0.717, 1.165) is 12.0 Å². The van der Waals surface area contributed by atoms with Gasteiger partial charge in [-0.25, -0.2) is 0 Å². The van der Waals surface area contributed by atoms with Crippen LogP contribution in [0.5, 0.6) is 0 Å². The summed E-state index contributed by atoms with van der Waals surface area (Å²) in [5.74, 6) is 0.120. The van der Waals surface area contributed by atoms with Crippen molar-refractivity contribution in [2.45, 2.75) is 45.7 Å². The molecule has 0 saturated carbocycles. The maximum Gasteiger partial charge on any atom is -1.00 e. The smallest absolute Gasteiger partial charge is 1.00 e. The second kappa shape index (κ2) is 9.98. The van der Waals surface area contributed by atoms with Crippen LogP contribution in [0.25, 0.3) is 0 Å². The SMILES string of the molecule is C[SiH](C)[Ti+2]([NH]C(=O)c1cccc(C(C)(C)C)c1)[C]1=CC=CC1.[Cl-].[Cl-]. The Morgan fingerprint density at radius 1 is 1.21 bits per heavy atom. The normalized spacial score (nSPS) is 13.0. The molecule has 131 valence electrons. The number of rotatable bonds is 4. The molecule has 1 aromatic carbocycles. The van der Waals surface area contributed by atoms with Gasteiger partial charge in [0, 0.05) is 0 Å². The molecule has 0 saturated heterocycles. The first kappa shape index (κ1) is 23.7. The quantitative estimate of drug-likeness (QED) is 0.567. The van der Waals surface area contributed by atoms with Crippen molar-refractivity contribution >= 4 is 12.6 Å². The number of hydrogen-bond acceptors (Lipinski definition) is 1. The number of carbonyl (C=O) groups excluding carboxylic acids is 1. The van der Waals surface area contributed by atoms with Gasteiger partial charge in [-0.1, -0.05) is 0 Å². The average molecular weight is 419 g/mol. The van der Waals surface area contributed by atoms with Crippen LogP contribution in [0.4, 0.5) is 0 Å². The molecule has 2 rings (SSSR count). The number of halogens is 2. The molecule has 0 unspecified atom stereocenters. The van der Waals surface area contributed by atoms with E-state index in [1.807, 2.05) is 12.1 Å². The molecule has 24 heavy (non-hydrogen) atoms. The molecule has 1 amide bonds. The van der Waals surface area contributed by atoms with Crippen molar-refractivity contribution in [1.82, 2.24) is 3.80 Å². The van der Waals surface area contributed by atoms with E-state index < -0.39 is 24.0 Å². The third-order valence-electron chi connectivity index (χ3n) is 3.93. The zero-order valence-electron chi connectivity index (χ0n) is 15.0. The van der Waals surface area contributed by atoms with E-state index in [1.54, 1.807) is 0 Å². The van der Waals surface area contributed by atoms with Crippen LogP contribution in [0.2, 0.25) is 13.1 Å². The second-order valence-corrected chi connectivity index (χ2v) is 20.0. The Bertz CT molecular complexity index is 624. The minimum Gasteiger partial charge on any atom is -1.00 e. The van der Waals surface area contributed by atoms with Gasteiger partial charge in [0.25, 0.3) is 0 Å². The molecule has 0 spiro atoms. The fourth-order valence-electron chi connectivity index (χ4n) is 2.56. The largest absolute Gasteiger partial charge is 1.00 e. The number of amides is 1. The molecule has 0 aliphatic heterocycles. The van der Waals surface area contributed by atoms with Gasteiger partial charge in [0.05, 0.1) is 0 Å². The molecule has 1 aliphatic carbocycles. The number of hydrogen-bond donors (Lipinski definition) is 1. The van der Waals surface area contributed by atoms with Crippen molar-refractivity contribution in [3.8, 4) is 0 Å². The topological polar surface area (TPSA) is 29.1 Å². The Kier molecular flexibility index (Phi) is 9.85. The van der Waals surface area contributed by atoms with Crippen LogP contribution in [0.1, 0.15) is 43.1 Å². The molecular formula is C18H26Cl2NOSiTi. The Hall–Kier alpha value is -0.319. The summed E-state index contributed by atoms with van der Waals surface area (Å²) < 4.78 is 4.95. The number of benzene rings is 1. The van der Waals surface area contributed by atoms with Gasteiger partial charge in [-0.15, -0.1) is 0 Å².